The topological polar surface area (TPSA) is 60.7 Å². The van der Waals surface area contributed by atoms with Crippen LogP contribution in [0.4, 0.5) is 0 Å². The monoisotopic (exact) mass is 452 g/mol. The fourth-order valence-electron chi connectivity index (χ4n) is 4.56. The molecule has 33 heavy (non-hydrogen) atoms. The van der Waals surface area contributed by atoms with Crippen LogP contribution in [0, 0.1) is 5.41 Å². The Bertz CT molecular complexity index is 917. The first-order valence-electron chi connectivity index (χ1n) is 12.5. The van der Waals surface area contributed by atoms with Crippen LogP contribution in [-0.2, 0) is 31.5 Å². The number of hydrogen-bond acceptors (Lipinski definition) is 3. The van der Waals surface area contributed by atoms with E-state index in [2.05, 4.69) is 51.1 Å². The van der Waals surface area contributed by atoms with Crippen LogP contribution in [0.1, 0.15) is 94.2 Å². The Balaban J connectivity index is 2.31. The molecule has 0 radical (unpaired) electrons. The Morgan fingerprint density at radius 3 is 2.06 bits per heavy atom. The molecule has 182 valence electrons. The second-order valence-corrected chi connectivity index (χ2v) is 10.3. The third-order valence-electron chi connectivity index (χ3n) is 7.34. The van der Waals surface area contributed by atoms with Gasteiger partial charge in [0.05, 0.1) is 19.3 Å². The average molecular weight is 453 g/mol. The van der Waals surface area contributed by atoms with E-state index in [4.69, 9.17) is 0 Å². The highest BCUT2D eigenvalue weighted by molar-refractivity contribution is 5.56. The summed E-state index contributed by atoms with van der Waals surface area (Å²) in [6.07, 6.45) is 8.54. The van der Waals surface area contributed by atoms with E-state index in [9.17, 15) is 15.3 Å². The lowest BCUT2D eigenvalue weighted by Crippen LogP contribution is -2.25. The molecule has 1 unspecified atom stereocenters. The Hall–Kier alpha value is -1.94. The van der Waals surface area contributed by atoms with Crippen LogP contribution < -0.4 is 0 Å². The summed E-state index contributed by atoms with van der Waals surface area (Å²) in [5.74, 6) is 0. The van der Waals surface area contributed by atoms with Crippen molar-refractivity contribution in [2.75, 3.05) is 0 Å². The van der Waals surface area contributed by atoms with Gasteiger partial charge in [0.15, 0.2) is 0 Å². The number of aliphatic hydroxyl groups excluding tert-OH is 3. The summed E-state index contributed by atoms with van der Waals surface area (Å²) in [7, 11) is 0. The molecule has 0 saturated heterocycles. The molecule has 2 aromatic carbocycles. The minimum absolute atomic E-state index is 0.0442. The van der Waals surface area contributed by atoms with E-state index in [0.717, 1.165) is 43.2 Å². The molecule has 0 aliphatic carbocycles. The Labute approximate surface area is 201 Å². The van der Waals surface area contributed by atoms with Gasteiger partial charge in [-0.15, -0.1) is 0 Å². The van der Waals surface area contributed by atoms with Gasteiger partial charge >= 0.3 is 0 Å². The van der Waals surface area contributed by atoms with Gasteiger partial charge in [-0.2, -0.15) is 0 Å². The van der Waals surface area contributed by atoms with Crippen molar-refractivity contribution in [3.05, 3.63) is 75.9 Å². The van der Waals surface area contributed by atoms with E-state index in [1.807, 2.05) is 39.0 Å². The molecular weight excluding hydrogens is 408 g/mol. The van der Waals surface area contributed by atoms with E-state index in [0.29, 0.717) is 0 Å². The first-order valence-corrected chi connectivity index (χ1v) is 12.5. The van der Waals surface area contributed by atoms with Crippen molar-refractivity contribution in [3.8, 4) is 0 Å². The van der Waals surface area contributed by atoms with Gasteiger partial charge in [-0.05, 0) is 76.3 Å². The number of aliphatic hydroxyl groups is 3. The molecule has 0 aromatic heterocycles. The van der Waals surface area contributed by atoms with Crippen LogP contribution in [-0.4, -0.2) is 21.4 Å². The molecule has 2 aromatic rings. The van der Waals surface area contributed by atoms with Crippen molar-refractivity contribution in [2.24, 2.45) is 5.41 Å². The molecule has 2 rings (SSSR count). The summed E-state index contributed by atoms with van der Waals surface area (Å²) in [4.78, 5) is 0. The molecule has 3 heteroatoms. The van der Waals surface area contributed by atoms with E-state index in [1.54, 1.807) is 0 Å². The van der Waals surface area contributed by atoms with Crippen molar-refractivity contribution in [2.45, 2.75) is 98.4 Å². The van der Waals surface area contributed by atoms with Gasteiger partial charge in [0.1, 0.15) is 0 Å². The zero-order valence-corrected chi connectivity index (χ0v) is 21.5. The minimum Gasteiger partial charge on any atom is -0.392 e. The predicted molar refractivity (Wildman–Crippen MR) is 139 cm³/mol. The molecule has 3 N–H and O–H groups in total. The lowest BCUT2D eigenvalue weighted by molar-refractivity contribution is 0.106. The summed E-state index contributed by atoms with van der Waals surface area (Å²) in [6.45, 7) is 12.8. The van der Waals surface area contributed by atoms with Gasteiger partial charge in [-0.1, -0.05) is 90.1 Å². The van der Waals surface area contributed by atoms with Gasteiger partial charge in [-0.25, -0.2) is 0 Å². The number of aryl methyl sites for hydroxylation is 2. The summed E-state index contributed by atoms with van der Waals surface area (Å²) < 4.78 is 0. The SMILES string of the molecule is CCc1cc(C(CC)(CC)CCc2ccc(CO)c(CO)c2)ccc1/C=C/C(O)C(C)(C)C. The van der Waals surface area contributed by atoms with E-state index < -0.39 is 6.10 Å². The molecular formula is C30H44O3. The third-order valence-corrected chi connectivity index (χ3v) is 7.34. The third kappa shape index (κ3) is 6.79. The van der Waals surface area contributed by atoms with Crippen LogP contribution in [0.15, 0.2) is 42.5 Å². The zero-order valence-electron chi connectivity index (χ0n) is 21.5. The van der Waals surface area contributed by atoms with Crippen molar-refractivity contribution < 1.29 is 15.3 Å². The molecule has 0 saturated carbocycles. The van der Waals surface area contributed by atoms with Crippen LogP contribution in [0.5, 0.6) is 0 Å². The maximum absolute atomic E-state index is 10.4. The van der Waals surface area contributed by atoms with Crippen LogP contribution in [0.25, 0.3) is 6.08 Å². The van der Waals surface area contributed by atoms with Crippen LogP contribution in [0.2, 0.25) is 0 Å². The van der Waals surface area contributed by atoms with Crippen LogP contribution in [0.3, 0.4) is 0 Å². The van der Waals surface area contributed by atoms with E-state index >= 15 is 0 Å². The molecule has 0 fully saturated rings. The molecule has 0 aliphatic rings. The highest BCUT2D eigenvalue weighted by Gasteiger charge is 2.29. The first-order chi connectivity index (χ1) is 15.6. The molecule has 0 heterocycles. The summed E-state index contributed by atoms with van der Waals surface area (Å²) >= 11 is 0. The fourth-order valence-corrected chi connectivity index (χ4v) is 4.56. The van der Waals surface area contributed by atoms with Gasteiger partial charge in [0.25, 0.3) is 0 Å². The lowest BCUT2D eigenvalue weighted by atomic mass is 9.71. The van der Waals surface area contributed by atoms with Crippen LogP contribution >= 0.6 is 0 Å². The molecule has 0 bridgehead atoms. The fraction of sp³-hybridized carbons (Fsp3) is 0.533. The van der Waals surface area contributed by atoms with Gasteiger partial charge < -0.3 is 15.3 Å². The average Bonchev–Trinajstić information content (AvgIpc) is 2.82. The normalized spacial score (nSPS) is 13.6. The molecule has 3 nitrogen and oxygen atoms in total. The highest BCUT2D eigenvalue weighted by atomic mass is 16.3. The standard InChI is InChI=1S/C30H44O3/c1-7-23-19-27(14-12-24(23)13-15-28(33)29(4,5)6)30(8-2,9-3)17-16-22-10-11-25(20-31)26(18-22)21-32/h10-15,18-19,28,31-33H,7-9,16-17,20-21H2,1-6H3/b15-13+. The maximum Gasteiger partial charge on any atom is 0.0772 e. The van der Waals surface area contributed by atoms with Gasteiger partial charge in [0, 0.05) is 0 Å². The van der Waals surface area contributed by atoms with Gasteiger partial charge in [0.2, 0.25) is 0 Å². The molecule has 1 atom stereocenters. The Morgan fingerprint density at radius 2 is 1.52 bits per heavy atom. The largest absolute Gasteiger partial charge is 0.392 e. The summed E-state index contributed by atoms with van der Waals surface area (Å²) in [5.41, 5.74) is 6.60. The van der Waals surface area contributed by atoms with Crippen molar-refractivity contribution in [3.63, 3.8) is 0 Å². The first kappa shape index (κ1) is 27.3. The number of rotatable bonds is 11. The lowest BCUT2D eigenvalue weighted by Gasteiger charge is -2.33. The highest BCUT2D eigenvalue weighted by Crippen LogP contribution is 2.38. The zero-order chi connectivity index (χ0) is 24.6. The molecule has 0 amide bonds. The van der Waals surface area contributed by atoms with E-state index in [-0.39, 0.29) is 24.0 Å². The Kier molecular flexibility index (Phi) is 9.90. The Morgan fingerprint density at radius 1 is 0.848 bits per heavy atom. The number of benzene rings is 2. The maximum atomic E-state index is 10.4. The minimum atomic E-state index is -0.478. The van der Waals surface area contributed by atoms with Crippen molar-refractivity contribution in [1.82, 2.24) is 0 Å². The number of hydrogen-bond donors (Lipinski definition) is 3. The van der Waals surface area contributed by atoms with E-state index in [1.165, 1.54) is 22.3 Å². The van der Waals surface area contributed by atoms with Gasteiger partial charge in [-0.3, -0.25) is 0 Å². The smallest absolute Gasteiger partial charge is 0.0772 e. The second-order valence-electron chi connectivity index (χ2n) is 10.3. The summed E-state index contributed by atoms with van der Waals surface area (Å²) in [6, 6.07) is 12.9. The van der Waals surface area contributed by atoms with Crippen molar-refractivity contribution in [1.29, 1.82) is 0 Å². The second kappa shape index (κ2) is 12.0. The molecule has 0 spiro atoms. The predicted octanol–water partition coefficient (Wildman–Crippen LogP) is 6.34. The quantitative estimate of drug-likeness (QED) is 0.372. The van der Waals surface area contributed by atoms with Crippen molar-refractivity contribution >= 4 is 6.08 Å². The summed E-state index contributed by atoms with van der Waals surface area (Å²) in [5, 5.41) is 29.5. The molecule has 0 aliphatic heterocycles.